The molecule has 2 aliphatic heterocycles. The number of fused-ring (bicyclic) bond motifs is 2. The zero-order valence-corrected chi connectivity index (χ0v) is 22.7. The number of benzene rings is 2. The van der Waals surface area contributed by atoms with Crippen LogP contribution in [-0.2, 0) is 26.5 Å². The summed E-state index contributed by atoms with van der Waals surface area (Å²) in [5.41, 5.74) is 0.471. The molecule has 1 spiro atoms. The lowest BCUT2D eigenvalue weighted by atomic mass is 9.82. The van der Waals surface area contributed by atoms with Crippen molar-refractivity contribution in [2.24, 2.45) is 5.92 Å². The van der Waals surface area contributed by atoms with Crippen LogP contribution in [0.3, 0.4) is 0 Å². The smallest absolute Gasteiger partial charge is 0.261 e. The summed E-state index contributed by atoms with van der Waals surface area (Å²) < 4.78 is 23.1. The average molecular weight is 597 g/mol. The lowest BCUT2D eigenvalue weighted by molar-refractivity contribution is -0.148. The molecule has 2 aromatic rings. The molecule has 2 heterocycles. The fraction of sp³-hybridized carbons (Fsp3) is 0.440. The number of aliphatic hydroxyl groups excluding tert-OH is 1. The van der Waals surface area contributed by atoms with Crippen molar-refractivity contribution in [3.05, 3.63) is 63.2 Å². The van der Waals surface area contributed by atoms with Crippen molar-refractivity contribution in [3.63, 3.8) is 0 Å². The average Bonchev–Trinajstić information content (AvgIpc) is 3.22. The summed E-state index contributed by atoms with van der Waals surface area (Å²) in [5.74, 6) is -0.958. The number of aliphatic hydroxyl groups is 1. The number of ether oxygens (including phenoxy) is 1. The van der Waals surface area contributed by atoms with Gasteiger partial charge in [0.2, 0.25) is 14.3 Å². The molecule has 6 nitrogen and oxygen atoms in total. The number of rotatable bonds is 7. The molecule has 34 heavy (non-hydrogen) atoms. The van der Waals surface area contributed by atoms with Crippen molar-refractivity contribution < 1.29 is 23.5 Å². The van der Waals surface area contributed by atoms with Crippen molar-refractivity contribution in [3.8, 4) is 0 Å². The first-order chi connectivity index (χ1) is 16.1. The van der Waals surface area contributed by atoms with Crippen LogP contribution in [-0.4, -0.2) is 49.5 Å². The number of halogens is 2. The fourth-order valence-corrected chi connectivity index (χ4v) is 8.54. The van der Waals surface area contributed by atoms with Crippen molar-refractivity contribution in [2.45, 2.75) is 50.2 Å². The lowest BCUT2D eigenvalue weighted by Gasteiger charge is -2.31. The molecule has 0 unspecified atom stereocenters. The summed E-state index contributed by atoms with van der Waals surface area (Å²) in [6.45, 7) is 5.44. The third kappa shape index (κ3) is 4.55. The molecule has 0 saturated carbocycles. The molecular weight excluding hydrogens is 566 g/mol. The summed E-state index contributed by atoms with van der Waals surface area (Å²) in [6.07, 6.45) is -0.781. The Bertz CT molecular complexity index is 1080. The van der Waals surface area contributed by atoms with Gasteiger partial charge >= 0.3 is 0 Å². The van der Waals surface area contributed by atoms with Crippen LogP contribution in [0.2, 0.25) is 18.6 Å². The van der Waals surface area contributed by atoms with Crippen molar-refractivity contribution in [1.29, 1.82) is 0 Å². The number of hydrogen-bond acceptors (Lipinski definition) is 4. The Morgan fingerprint density at radius 1 is 1.26 bits per heavy atom. The predicted octanol–water partition coefficient (Wildman–Crippen LogP) is 4.43. The highest BCUT2D eigenvalue weighted by molar-refractivity contribution is 14.1. The van der Waals surface area contributed by atoms with Crippen LogP contribution in [0.1, 0.15) is 24.5 Å². The van der Waals surface area contributed by atoms with Gasteiger partial charge < -0.3 is 24.2 Å². The van der Waals surface area contributed by atoms with Crippen molar-refractivity contribution >= 4 is 48.5 Å². The number of carbonyl (C=O) groups excluding carboxylic acids is 2. The molecule has 2 amide bonds. The van der Waals surface area contributed by atoms with Crippen molar-refractivity contribution in [1.82, 2.24) is 4.90 Å². The first-order valence-electron chi connectivity index (χ1n) is 11.5. The summed E-state index contributed by atoms with van der Waals surface area (Å²) >= 11 is 2.19. The molecule has 2 N–H and O–H groups in total. The maximum Gasteiger partial charge on any atom is 0.261 e. The van der Waals surface area contributed by atoms with E-state index in [0.717, 1.165) is 9.13 Å². The summed E-state index contributed by atoms with van der Waals surface area (Å²) in [6, 6.07) is 15.2. The normalized spacial score (nSPS) is 25.9. The molecular formula is C25H30FIN2O4Si. The van der Waals surface area contributed by atoms with Crippen LogP contribution in [0.25, 0.3) is 0 Å². The van der Waals surface area contributed by atoms with Gasteiger partial charge in [0, 0.05) is 39.4 Å². The summed E-state index contributed by atoms with van der Waals surface area (Å²) in [4.78, 5) is 28.2. The zero-order chi connectivity index (χ0) is 24.7. The molecule has 4 rings (SSSR count). The predicted molar refractivity (Wildman–Crippen MR) is 139 cm³/mol. The van der Waals surface area contributed by atoms with Gasteiger partial charge in [-0.25, -0.2) is 0 Å². The van der Waals surface area contributed by atoms with Crippen LogP contribution in [0.4, 0.5) is 9.80 Å². The Morgan fingerprint density at radius 2 is 1.97 bits per heavy atom. The zero-order valence-electron chi connectivity index (χ0n) is 19.6. The van der Waals surface area contributed by atoms with Crippen LogP contribution in [0.15, 0.2) is 48.5 Å². The van der Waals surface area contributed by atoms with Gasteiger partial charge in [-0.1, -0.05) is 37.3 Å². The van der Waals surface area contributed by atoms with Crippen molar-refractivity contribution in [2.75, 3.05) is 18.5 Å². The molecule has 9 heteroatoms. The molecule has 2 aromatic carbocycles. The minimum atomic E-state index is -3.33. The van der Waals surface area contributed by atoms with Gasteiger partial charge in [0.1, 0.15) is 0 Å². The molecule has 0 radical (unpaired) electrons. The van der Waals surface area contributed by atoms with Crippen LogP contribution >= 0.6 is 22.6 Å². The van der Waals surface area contributed by atoms with E-state index >= 15 is 4.11 Å². The number of anilines is 1. The minimum absolute atomic E-state index is 0.0452. The second kappa shape index (κ2) is 9.67. The number of amides is 2. The SMILES string of the molecule is C[C@H]1[C@H]([Si](C)(C)F)[C@@H](CC(=O)N(CCO)Cc2ccccc2)O[C@]12C(=O)Nc1ccc(I)cc12. The maximum atomic E-state index is 15.7. The Morgan fingerprint density at radius 3 is 2.62 bits per heavy atom. The molecule has 0 aromatic heterocycles. The second-order valence-electron chi connectivity index (χ2n) is 9.64. The van der Waals surface area contributed by atoms with E-state index in [9.17, 15) is 14.7 Å². The Hall–Kier alpha value is -1.82. The number of hydrogen-bond donors (Lipinski definition) is 2. The highest BCUT2D eigenvalue weighted by Gasteiger charge is 2.65. The van der Waals surface area contributed by atoms with E-state index in [1.165, 1.54) is 0 Å². The monoisotopic (exact) mass is 596 g/mol. The molecule has 2 aliphatic rings. The Kier molecular flexibility index (Phi) is 7.19. The van der Waals surface area contributed by atoms with Crippen LogP contribution in [0.5, 0.6) is 0 Å². The lowest BCUT2D eigenvalue weighted by Crippen LogP contribution is -2.42. The van der Waals surface area contributed by atoms with E-state index < -0.39 is 31.6 Å². The number of carbonyl (C=O) groups is 2. The molecule has 4 atom stereocenters. The van der Waals surface area contributed by atoms with Crippen LogP contribution < -0.4 is 5.32 Å². The van der Waals surface area contributed by atoms with E-state index in [4.69, 9.17) is 4.74 Å². The summed E-state index contributed by atoms with van der Waals surface area (Å²) in [5, 5.41) is 12.5. The topological polar surface area (TPSA) is 78.9 Å². The van der Waals surface area contributed by atoms with E-state index in [0.29, 0.717) is 17.8 Å². The third-order valence-corrected chi connectivity index (χ3v) is 10.1. The Balaban J connectivity index is 1.65. The standard InChI is InChI=1S/C25H30FIN2O4Si/c1-16-23(34(2,3)26)21(14-22(31)29(11-12-30)15-17-7-5-4-6-8-17)33-25(16)19-13-18(27)9-10-20(19)28-24(25)32/h4-10,13,16,21,23,30H,11-12,14-15H2,1-3H3,(H,28,32)/t16-,21+,23-,25+/m0/s1. The van der Waals surface area contributed by atoms with Gasteiger partial charge in [-0.05, 0) is 59.4 Å². The van der Waals surface area contributed by atoms with Gasteiger partial charge in [0.15, 0.2) is 5.60 Å². The summed E-state index contributed by atoms with van der Waals surface area (Å²) in [7, 11) is -3.33. The van der Waals surface area contributed by atoms with Crippen LogP contribution in [0, 0.1) is 9.49 Å². The van der Waals surface area contributed by atoms with E-state index in [2.05, 4.69) is 27.9 Å². The molecule has 182 valence electrons. The highest BCUT2D eigenvalue weighted by Crippen LogP contribution is 2.58. The first kappa shape index (κ1) is 25.3. The maximum absolute atomic E-state index is 15.7. The minimum Gasteiger partial charge on any atom is -0.395 e. The first-order valence-corrected chi connectivity index (χ1v) is 15.5. The highest BCUT2D eigenvalue weighted by atomic mass is 127. The largest absolute Gasteiger partial charge is 0.395 e. The molecule has 0 aliphatic carbocycles. The van der Waals surface area contributed by atoms with Gasteiger partial charge in [-0.15, -0.1) is 0 Å². The van der Waals surface area contributed by atoms with E-state index in [1.807, 2.05) is 55.5 Å². The van der Waals surface area contributed by atoms with Gasteiger partial charge in [-0.3, -0.25) is 9.59 Å². The number of nitrogens with one attached hydrogen (secondary N) is 1. The fourth-order valence-electron chi connectivity index (χ4n) is 5.56. The molecule has 0 bridgehead atoms. The second-order valence-corrected chi connectivity index (χ2v) is 14.7. The van der Waals surface area contributed by atoms with Gasteiger partial charge in [-0.2, -0.15) is 0 Å². The molecule has 1 fully saturated rings. The van der Waals surface area contributed by atoms with E-state index in [1.54, 1.807) is 18.0 Å². The molecule has 1 saturated heterocycles. The third-order valence-electron chi connectivity index (χ3n) is 6.99. The Labute approximate surface area is 214 Å². The number of nitrogens with zero attached hydrogens (tertiary/aromatic N) is 1. The van der Waals surface area contributed by atoms with E-state index in [-0.39, 0.29) is 31.4 Å². The van der Waals surface area contributed by atoms with Gasteiger partial charge in [0.05, 0.1) is 19.1 Å². The van der Waals surface area contributed by atoms with Gasteiger partial charge in [0.25, 0.3) is 5.91 Å². The quantitative estimate of drug-likeness (QED) is 0.282.